The van der Waals surface area contributed by atoms with Crippen LogP contribution in [0.1, 0.15) is 40.7 Å². The van der Waals surface area contributed by atoms with Crippen molar-refractivity contribution in [1.29, 1.82) is 0 Å². The smallest absolute Gasteiger partial charge is 0.264 e. The highest BCUT2D eigenvalue weighted by Crippen LogP contribution is 2.26. The number of nitrogens with one attached hydrogen (secondary N) is 1. The van der Waals surface area contributed by atoms with E-state index in [1.807, 2.05) is 19.9 Å². The van der Waals surface area contributed by atoms with Gasteiger partial charge in [-0.15, -0.1) is 0 Å². The van der Waals surface area contributed by atoms with Gasteiger partial charge in [0.05, 0.1) is 21.8 Å². The first kappa shape index (κ1) is 25.4. The molecular weight excluding hydrogens is 474 g/mol. The van der Waals surface area contributed by atoms with Crippen molar-refractivity contribution in [3.8, 4) is 0 Å². The number of hydrogen-bond acceptors (Lipinski definition) is 4. The van der Waals surface area contributed by atoms with Crippen LogP contribution in [0.3, 0.4) is 0 Å². The van der Waals surface area contributed by atoms with Gasteiger partial charge in [0.2, 0.25) is 5.91 Å². The number of amides is 2. The van der Waals surface area contributed by atoms with E-state index < -0.39 is 22.5 Å². The van der Waals surface area contributed by atoms with Crippen LogP contribution in [-0.2, 0) is 14.8 Å². The molecule has 1 aliphatic heterocycles. The summed E-state index contributed by atoms with van der Waals surface area (Å²) in [6.45, 7) is 4.69. The van der Waals surface area contributed by atoms with Gasteiger partial charge in [0.15, 0.2) is 0 Å². The van der Waals surface area contributed by atoms with Crippen molar-refractivity contribution in [1.82, 2.24) is 4.90 Å². The summed E-state index contributed by atoms with van der Waals surface area (Å²) in [7, 11) is -4.02. The van der Waals surface area contributed by atoms with Crippen molar-refractivity contribution in [2.45, 2.75) is 38.0 Å². The number of anilines is 2. The molecule has 0 aliphatic carbocycles. The topological polar surface area (TPSA) is 86.8 Å². The molecule has 4 rings (SSSR count). The van der Waals surface area contributed by atoms with Gasteiger partial charge in [0, 0.05) is 13.1 Å². The summed E-state index contributed by atoms with van der Waals surface area (Å²) < 4.78 is 28.3. The monoisotopic (exact) mass is 505 g/mol. The molecule has 0 unspecified atom stereocenters. The Morgan fingerprint density at radius 1 is 0.861 bits per heavy atom. The van der Waals surface area contributed by atoms with E-state index in [4.69, 9.17) is 0 Å². The number of benzene rings is 3. The van der Waals surface area contributed by atoms with E-state index in [0.29, 0.717) is 30.0 Å². The largest absolute Gasteiger partial charge is 0.339 e. The molecule has 2 amide bonds. The van der Waals surface area contributed by atoms with Crippen LogP contribution in [0.5, 0.6) is 0 Å². The lowest BCUT2D eigenvalue weighted by molar-refractivity contribution is -0.114. The summed E-state index contributed by atoms with van der Waals surface area (Å²) in [5.41, 5.74) is 2.97. The molecule has 0 saturated carbocycles. The number of carbonyl (C=O) groups excluding carboxylic acids is 2. The first-order valence-electron chi connectivity index (χ1n) is 12.1. The van der Waals surface area contributed by atoms with E-state index in [1.165, 1.54) is 12.1 Å². The maximum atomic E-state index is 13.6. The van der Waals surface area contributed by atoms with E-state index in [-0.39, 0.29) is 10.8 Å². The Hall–Kier alpha value is -3.65. The molecule has 0 bridgehead atoms. The summed E-state index contributed by atoms with van der Waals surface area (Å²) in [5, 5.41) is 2.79. The highest BCUT2D eigenvalue weighted by Gasteiger charge is 2.28. The zero-order chi connectivity index (χ0) is 25.7. The van der Waals surface area contributed by atoms with Gasteiger partial charge in [0.1, 0.15) is 6.54 Å². The second-order valence-corrected chi connectivity index (χ2v) is 11.0. The summed E-state index contributed by atoms with van der Waals surface area (Å²) in [4.78, 5) is 28.2. The number of rotatable bonds is 7. The first-order valence-corrected chi connectivity index (χ1v) is 13.5. The normalized spacial score (nSPS) is 13.8. The number of piperidine rings is 1. The minimum absolute atomic E-state index is 0.100. The fourth-order valence-electron chi connectivity index (χ4n) is 4.30. The molecule has 1 fully saturated rings. The number of hydrogen-bond donors (Lipinski definition) is 1. The lowest BCUT2D eigenvalue weighted by Crippen LogP contribution is -2.39. The van der Waals surface area contributed by atoms with E-state index in [2.05, 4.69) is 5.32 Å². The van der Waals surface area contributed by atoms with Gasteiger partial charge < -0.3 is 10.2 Å². The summed E-state index contributed by atoms with van der Waals surface area (Å²) >= 11 is 0. The third-order valence-corrected chi connectivity index (χ3v) is 8.05. The Bertz CT molecular complexity index is 1350. The second kappa shape index (κ2) is 11.0. The molecule has 7 nitrogen and oxygen atoms in total. The number of para-hydroxylation sites is 1. The summed E-state index contributed by atoms with van der Waals surface area (Å²) in [6, 6.07) is 20.4. The third-order valence-electron chi connectivity index (χ3n) is 6.26. The quantitative estimate of drug-likeness (QED) is 0.501. The number of sulfonamides is 1. The van der Waals surface area contributed by atoms with Crippen molar-refractivity contribution in [3.05, 3.63) is 89.5 Å². The zero-order valence-corrected chi connectivity index (χ0v) is 21.4. The van der Waals surface area contributed by atoms with Crippen molar-refractivity contribution in [2.24, 2.45) is 0 Å². The van der Waals surface area contributed by atoms with Crippen molar-refractivity contribution in [2.75, 3.05) is 29.3 Å². The Balaban J connectivity index is 1.61. The maximum absolute atomic E-state index is 13.6. The van der Waals surface area contributed by atoms with Gasteiger partial charge in [-0.1, -0.05) is 42.0 Å². The summed E-state index contributed by atoms with van der Waals surface area (Å²) in [6.07, 6.45) is 3.03. The van der Waals surface area contributed by atoms with Gasteiger partial charge in [-0.2, -0.15) is 0 Å². The van der Waals surface area contributed by atoms with Crippen LogP contribution < -0.4 is 9.62 Å². The second-order valence-electron chi connectivity index (χ2n) is 9.11. The van der Waals surface area contributed by atoms with Gasteiger partial charge in [-0.05, 0) is 75.1 Å². The molecule has 0 aromatic heterocycles. The molecule has 0 radical (unpaired) electrons. The number of aryl methyl sites for hydroxylation is 2. The number of likely N-dealkylation sites (tertiary alicyclic amines) is 1. The number of nitrogens with zero attached hydrogens (tertiary/aromatic N) is 2. The molecule has 0 spiro atoms. The van der Waals surface area contributed by atoms with E-state index in [1.54, 1.807) is 59.5 Å². The Morgan fingerprint density at radius 3 is 2.25 bits per heavy atom. The minimum Gasteiger partial charge on any atom is -0.339 e. The number of carbonyl (C=O) groups is 2. The molecule has 36 heavy (non-hydrogen) atoms. The van der Waals surface area contributed by atoms with Crippen LogP contribution in [0.25, 0.3) is 0 Å². The minimum atomic E-state index is -4.02. The van der Waals surface area contributed by atoms with E-state index >= 15 is 0 Å². The van der Waals surface area contributed by atoms with Crippen molar-refractivity contribution >= 4 is 33.2 Å². The molecule has 1 saturated heterocycles. The van der Waals surface area contributed by atoms with Gasteiger partial charge in [0.25, 0.3) is 15.9 Å². The summed E-state index contributed by atoms with van der Waals surface area (Å²) in [5.74, 6) is -0.667. The average Bonchev–Trinajstić information content (AvgIpc) is 2.88. The molecule has 1 aliphatic rings. The Labute approximate surface area is 212 Å². The van der Waals surface area contributed by atoms with Crippen LogP contribution in [0, 0.1) is 13.8 Å². The maximum Gasteiger partial charge on any atom is 0.264 e. The van der Waals surface area contributed by atoms with Crippen LogP contribution >= 0.6 is 0 Å². The predicted octanol–water partition coefficient (Wildman–Crippen LogP) is 4.76. The average molecular weight is 506 g/mol. The Kier molecular flexibility index (Phi) is 7.74. The van der Waals surface area contributed by atoms with E-state index in [0.717, 1.165) is 34.7 Å². The fourth-order valence-corrected chi connectivity index (χ4v) is 5.71. The van der Waals surface area contributed by atoms with Gasteiger partial charge in [-0.3, -0.25) is 13.9 Å². The Morgan fingerprint density at radius 2 is 1.56 bits per heavy atom. The molecule has 3 aromatic rings. The fraction of sp³-hybridized carbons (Fsp3) is 0.286. The van der Waals surface area contributed by atoms with E-state index in [9.17, 15) is 18.0 Å². The van der Waals surface area contributed by atoms with Crippen LogP contribution in [0.4, 0.5) is 11.4 Å². The van der Waals surface area contributed by atoms with Gasteiger partial charge in [-0.25, -0.2) is 8.42 Å². The van der Waals surface area contributed by atoms with Crippen molar-refractivity contribution < 1.29 is 18.0 Å². The van der Waals surface area contributed by atoms with Crippen LogP contribution in [-0.4, -0.2) is 44.8 Å². The molecule has 1 N–H and O–H groups in total. The molecule has 1 heterocycles. The zero-order valence-electron chi connectivity index (χ0n) is 20.6. The third kappa shape index (κ3) is 5.76. The highest BCUT2D eigenvalue weighted by atomic mass is 32.2. The predicted molar refractivity (Wildman–Crippen MR) is 142 cm³/mol. The first-order chi connectivity index (χ1) is 17.3. The molecular formula is C28H31N3O4S. The van der Waals surface area contributed by atoms with Crippen LogP contribution in [0.2, 0.25) is 0 Å². The highest BCUT2D eigenvalue weighted by molar-refractivity contribution is 7.92. The lowest BCUT2D eigenvalue weighted by Gasteiger charge is -2.28. The molecule has 188 valence electrons. The van der Waals surface area contributed by atoms with Crippen molar-refractivity contribution in [3.63, 3.8) is 0 Å². The van der Waals surface area contributed by atoms with Gasteiger partial charge >= 0.3 is 0 Å². The molecule has 0 atom stereocenters. The standard InChI is InChI=1S/C28H31N3O4S/c1-21-13-15-24(16-14-21)36(34,35)31(23-10-8-9-22(2)19-23)20-27(32)29-26-12-5-4-11-25(26)28(33)30-17-6-3-7-18-30/h4-5,8-16,19H,3,6-7,17-18,20H2,1-2H3,(H,29,32). The molecule has 8 heteroatoms. The SMILES string of the molecule is Cc1ccc(S(=O)(=O)N(CC(=O)Nc2ccccc2C(=O)N2CCCCC2)c2cccc(C)c2)cc1. The lowest BCUT2D eigenvalue weighted by atomic mass is 10.1. The van der Waals surface area contributed by atoms with Crippen LogP contribution in [0.15, 0.2) is 77.7 Å². The molecule has 3 aromatic carbocycles.